The van der Waals surface area contributed by atoms with Crippen LogP contribution in [0.15, 0.2) is 24.3 Å². The molecule has 2 N–H and O–H groups in total. The zero-order valence-corrected chi connectivity index (χ0v) is 9.74. The Balaban J connectivity index is 2.44. The molecule has 0 bridgehead atoms. The maximum atomic E-state index is 10.8. The van der Waals surface area contributed by atoms with Crippen molar-refractivity contribution in [1.82, 2.24) is 0 Å². The highest BCUT2D eigenvalue weighted by Gasteiger charge is 2.00. The summed E-state index contributed by atoms with van der Waals surface area (Å²) in [6, 6.07) is 7.53. The fraction of sp³-hybridized carbons (Fsp3) is 0.462. The van der Waals surface area contributed by atoms with E-state index in [-0.39, 0.29) is 12.3 Å². The smallest absolute Gasteiger partial charge is 0.221 e. The van der Waals surface area contributed by atoms with E-state index >= 15 is 0 Å². The van der Waals surface area contributed by atoms with Crippen molar-refractivity contribution in [2.75, 3.05) is 6.61 Å². The second kappa shape index (κ2) is 6.88. The van der Waals surface area contributed by atoms with Crippen LogP contribution in [0.1, 0.15) is 31.7 Å². The average molecular weight is 221 g/mol. The van der Waals surface area contributed by atoms with Gasteiger partial charge >= 0.3 is 0 Å². The summed E-state index contributed by atoms with van der Waals surface area (Å²) >= 11 is 0. The van der Waals surface area contributed by atoms with Crippen LogP contribution in [0.2, 0.25) is 0 Å². The molecule has 1 aromatic carbocycles. The van der Waals surface area contributed by atoms with Crippen LogP contribution in [0, 0.1) is 0 Å². The first-order valence-corrected chi connectivity index (χ1v) is 5.72. The van der Waals surface area contributed by atoms with E-state index in [0.717, 1.165) is 24.3 Å². The number of hydrogen-bond donors (Lipinski definition) is 1. The molecule has 0 aromatic heterocycles. The Labute approximate surface area is 96.6 Å². The zero-order valence-electron chi connectivity index (χ0n) is 9.74. The molecule has 0 aliphatic rings. The van der Waals surface area contributed by atoms with E-state index in [2.05, 4.69) is 6.92 Å². The normalized spacial score (nSPS) is 10.1. The van der Waals surface area contributed by atoms with Crippen LogP contribution < -0.4 is 10.5 Å². The molecule has 0 aliphatic carbocycles. The molecule has 1 aromatic rings. The van der Waals surface area contributed by atoms with Gasteiger partial charge in [0.25, 0.3) is 0 Å². The van der Waals surface area contributed by atoms with Crippen molar-refractivity contribution in [2.24, 2.45) is 5.73 Å². The standard InChI is InChI=1S/C13H19NO2/c1-2-3-4-8-16-12-7-5-6-11(9-12)10-13(14)15/h5-7,9H,2-4,8,10H2,1H3,(H2,14,15). The Hall–Kier alpha value is -1.51. The molecule has 88 valence electrons. The lowest BCUT2D eigenvalue weighted by Crippen LogP contribution is -2.13. The van der Waals surface area contributed by atoms with E-state index in [1.165, 1.54) is 12.8 Å². The highest BCUT2D eigenvalue weighted by molar-refractivity contribution is 5.76. The molecule has 3 heteroatoms. The number of rotatable bonds is 7. The lowest BCUT2D eigenvalue weighted by Gasteiger charge is -2.06. The Bertz CT molecular complexity index is 336. The van der Waals surface area contributed by atoms with Gasteiger partial charge in [-0.3, -0.25) is 4.79 Å². The van der Waals surface area contributed by atoms with E-state index in [4.69, 9.17) is 10.5 Å². The van der Waals surface area contributed by atoms with Gasteiger partial charge in [-0.05, 0) is 24.1 Å². The topological polar surface area (TPSA) is 52.3 Å². The molecule has 1 rings (SSSR count). The maximum absolute atomic E-state index is 10.8. The van der Waals surface area contributed by atoms with Crippen LogP contribution in [-0.4, -0.2) is 12.5 Å². The van der Waals surface area contributed by atoms with Gasteiger partial charge in [0.2, 0.25) is 5.91 Å². The van der Waals surface area contributed by atoms with Gasteiger partial charge in [-0.1, -0.05) is 31.9 Å². The molecule has 0 saturated heterocycles. The molecule has 0 spiro atoms. The van der Waals surface area contributed by atoms with Crippen LogP contribution in [0.25, 0.3) is 0 Å². The van der Waals surface area contributed by atoms with E-state index < -0.39 is 0 Å². The zero-order chi connectivity index (χ0) is 11.8. The minimum Gasteiger partial charge on any atom is -0.494 e. The number of hydrogen-bond acceptors (Lipinski definition) is 2. The number of carbonyl (C=O) groups is 1. The van der Waals surface area contributed by atoms with Gasteiger partial charge in [0.1, 0.15) is 5.75 Å². The van der Waals surface area contributed by atoms with Crippen molar-refractivity contribution in [3.8, 4) is 5.75 Å². The molecule has 1 amide bonds. The number of benzene rings is 1. The van der Waals surface area contributed by atoms with Crippen molar-refractivity contribution in [3.63, 3.8) is 0 Å². The molecule has 0 fully saturated rings. The Kier molecular flexibility index (Phi) is 5.40. The van der Waals surface area contributed by atoms with Crippen LogP contribution in [-0.2, 0) is 11.2 Å². The van der Waals surface area contributed by atoms with Gasteiger partial charge in [-0.15, -0.1) is 0 Å². The second-order valence-corrected chi connectivity index (χ2v) is 3.85. The predicted octanol–water partition coefficient (Wildman–Crippen LogP) is 2.28. The van der Waals surface area contributed by atoms with Gasteiger partial charge in [-0.2, -0.15) is 0 Å². The van der Waals surface area contributed by atoms with Crippen molar-refractivity contribution < 1.29 is 9.53 Å². The maximum Gasteiger partial charge on any atom is 0.221 e. The third kappa shape index (κ3) is 4.82. The fourth-order valence-electron chi connectivity index (χ4n) is 1.49. The molecule has 0 heterocycles. The molecule has 0 atom stereocenters. The summed E-state index contributed by atoms with van der Waals surface area (Å²) in [5.41, 5.74) is 6.04. The fourth-order valence-corrected chi connectivity index (χ4v) is 1.49. The Morgan fingerprint density at radius 2 is 2.19 bits per heavy atom. The summed E-state index contributed by atoms with van der Waals surface area (Å²) in [6.45, 7) is 2.89. The largest absolute Gasteiger partial charge is 0.494 e. The van der Waals surface area contributed by atoms with Crippen LogP contribution in [0.3, 0.4) is 0 Å². The molecular weight excluding hydrogens is 202 g/mol. The van der Waals surface area contributed by atoms with Gasteiger partial charge in [0, 0.05) is 0 Å². The van der Waals surface area contributed by atoms with Gasteiger partial charge in [0.05, 0.1) is 13.0 Å². The lowest BCUT2D eigenvalue weighted by atomic mass is 10.1. The predicted molar refractivity (Wildman–Crippen MR) is 64.4 cm³/mol. The van der Waals surface area contributed by atoms with Gasteiger partial charge in [-0.25, -0.2) is 0 Å². The summed E-state index contributed by atoms with van der Waals surface area (Å²) < 4.78 is 5.58. The van der Waals surface area contributed by atoms with E-state index in [0.29, 0.717) is 0 Å². The van der Waals surface area contributed by atoms with E-state index in [1.807, 2.05) is 24.3 Å². The number of ether oxygens (including phenoxy) is 1. The summed E-state index contributed by atoms with van der Waals surface area (Å²) in [6.07, 6.45) is 3.70. The molecule has 0 unspecified atom stereocenters. The van der Waals surface area contributed by atoms with E-state index in [1.54, 1.807) is 0 Å². The number of amides is 1. The summed E-state index contributed by atoms with van der Waals surface area (Å²) in [4.78, 5) is 10.8. The molecule has 3 nitrogen and oxygen atoms in total. The molecule has 0 saturated carbocycles. The number of unbranched alkanes of at least 4 members (excludes halogenated alkanes) is 2. The molecule has 0 radical (unpaired) electrons. The minimum absolute atomic E-state index is 0.270. The summed E-state index contributed by atoms with van der Waals surface area (Å²) in [5, 5.41) is 0. The molecule has 0 aliphatic heterocycles. The summed E-state index contributed by atoms with van der Waals surface area (Å²) in [5.74, 6) is 0.498. The third-order valence-electron chi connectivity index (χ3n) is 2.29. The van der Waals surface area contributed by atoms with Crippen LogP contribution in [0.4, 0.5) is 0 Å². The van der Waals surface area contributed by atoms with Gasteiger partial charge in [0.15, 0.2) is 0 Å². The number of primary amides is 1. The highest BCUT2D eigenvalue weighted by atomic mass is 16.5. The molecular formula is C13H19NO2. The van der Waals surface area contributed by atoms with Crippen molar-refractivity contribution >= 4 is 5.91 Å². The quantitative estimate of drug-likeness (QED) is 0.718. The number of carbonyl (C=O) groups excluding carboxylic acids is 1. The van der Waals surface area contributed by atoms with E-state index in [9.17, 15) is 4.79 Å². The van der Waals surface area contributed by atoms with Crippen molar-refractivity contribution in [3.05, 3.63) is 29.8 Å². The first-order valence-electron chi connectivity index (χ1n) is 5.72. The van der Waals surface area contributed by atoms with Crippen molar-refractivity contribution in [2.45, 2.75) is 32.6 Å². The average Bonchev–Trinajstić information content (AvgIpc) is 2.24. The van der Waals surface area contributed by atoms with Crippen LogP contribution in [0.5, 0.6) is 5.75 Å². The third-order valence-corrected chi connectivity index (χ3v) is 2.29. The summed E-state index contributed by atoms with van der Waals surface area (Å²) in [7, 11) is 0. The molecule has 16 heavy (non-hydrogen) atoms. The Morgan fingerprint density at radius 1 is 1.38 bits per heavy atom. The highest BCUT2D eigenvalue weighted by Crippen LogP contribution is 2.14. The van der Waals surface area contributed by atoms with Gasteiger partial charge < -0.3 is 10.5 Å². The van der Waals surface area contributed by atoms with Crippen LogP contribution >= 0.6 is 0 Å². The monoisotopic (exact) mass is 221 g/mol. The second-order valence-electron chi connectivity index (χ2n) is 3.85. The SMILES string of the molecule is CCCCCOc1cccc(CC(N)=O)c1. The lowest BCUT2D eigenvalue weighted by molar-refractivity contribution is -0.117. The first-order chi connectivity index (χ1) is 7.72. The first kappa shape index (κ1) is 12.6. The Morgan fingerprint density at radius 3 is 2.88 bits per heavy atom. The minimum atomic E-state index is -0.317. The number of nitrogens with two attached hydrogens (primary N) is 1. The van der Waals surface area contributed by atoms with Crippen molar-refractivity contribution in [1.29, 1.82) is 0 Å².